The van der Waals surface area contributed by atoms with E-state index in [9.17, 15) is 33.9 Å². The number of aromatic carboxylic acids is 1. The van der Waals surface area contributed by atoms with Crippen molar-refractivity contribution >= 4 is 48.4 Å². The second kappa shape index (κ2) is 18.6. The van der Waals surface area contributed by atoms with Crippen LogP contribution in [0.2, 0.25) is 0 Å². The molecule has 0 aromatic heterocycles. The van der Waals surface area contributed by atoms with Gasteiger partial charge in [0.25, 0.3) is 0 Å². The van der Waals surface area contributed by atoms with Gasteiger partial charge < -0.3 is 36.2 Å². The number of nitrogens with one attached hydrogen (secondary N) is 4. The minimum absolute atomic E-state index is 0.0405. The van der Waals surface area contributed by atoms with Gasteiger partial charge in [0.15, 0.2) is 0 Å². The van der Waals surface area contributed by atoms with Gasteiger partial charge in [-0.3, -0.25) is 19.2 Å². The summed E-state index contributed by atoms with van der Waals surface area (Å²) in [6.45, 7) is 7.51. The minimum Gasteiger partial charge on any atom is -0.481 e. The summed E-state index contributed by atoms with van der Waals surface area (Å²) < 4.78 is 5.04. The van der Waals surface area contributed by atoms with Gasteiger partial charge in [-0.1, -0.05) is 45.9 Å². The molecule has 4 amide bonds. The average Bonchev–Trinajstić information content (AvgIpc) is 2.91. The molecule has 0 bridgehead atoms. The molecule has 0 aliphatic rings. The normalized spacial score (nSPS) is 13.0. The van der Waals surface area contributed by atoms with Gasteiger partial charge in [-0.15, -0.1) is 0 Å². The van der Waals surface area contributed by atoms with E-state index in [0.717, 1.165) is 0 Å². The highest BCUT2D eigenvalue weighted by atomic mass is 32.1. The lowest BCUT2D eigenvalue weighted by atomic mass is 10.0. The molecule has 0 saturated heterocycles. The molecule has 6 N–H and O–H groups in total. The quantitative estimate of drug-likeness (QED) is 0.121. The molecule has 2 unspecified atom stereocenters. The second-order valence-electron chi connectivity index (χ2n) is 10.6. The molecule has 1 aromatic rings. The number of carboxylic acid groups (broad SMARTS) is 2. The number of amides is 4. The van der Waals surface area contributed by atoms with E-state index in [1.165, 1.54) is 6.07 Å². The Hall–Kier alpha value is -3.81. The van der Waals surface area contributed by atoms with Crippen molar-refractivity contribution in [2.75, 3.05) is 18.9 Å². The van der Waals surface area contributed by atoms with Gasteiger partial charge in [0.2, 0.25) is 17.7 Å². The van der Waals surface area contributed by atoms with E-state index in [1.54, 1.807) is 18.2 Å². The van der Waals surface area contributed by atoms with Crippen LogP contribution in [0.25, 0.3) is 0 Å². The molecule has 234 valence electrons. The number of thiol groups is 1. The van der Waals surface area contributed by atoms with Gasteiger partial charge in [-0.2, -0.15) is 12.6 Å². The largest absolute Gasteiger partial charge is 0.481 e. The van der Waals surface area contributed by atoms with E-state index in [4.69, 9.17) is 9.84 Å². The first-order valence-electron chi connectivity index (χ1n) is 13.7. The first kappa shape index (κ1) is 36.2. The number of benzene rings is 1. The van der Waals surface area contributed by atoms with Gasteiger partial charge in [0, 0.05) is 18.7 Å². The predicted octanol–water partition coefficient (Wildman–Crippen LogP) is 1.60. The summed E-state index contributed by atoms with van der Waals surface area (Å²) in [6, 6.07) is 2.98. The fourth-order valence-electron chi connectivity index (χ4n) is 3.80. The Balaban J connectivity index is 2.89. The Morgan fingerprint density at radius 2 is 1.45 bits per heavy atom. The number of carbonyl (C=O) groups excluding carboxylic acids is 4. The average molecular weight is 611 g/mol. The summed E-state index contributed by atoms with van der Waals surface area (Å²) in [6.07, 6.45) is -1.11. The number of rotatable bonds is 18. The van der Waals surface area contributed by atoms with E-state index in [2.05, 4.69) is 33.9 Å². The van der Waals surface area contributed by atoms with E-state index in [0.29, 0.717) is 5.56 Å². The molecule has 0 saturated carbocycles. The lowest BCUT2D eigenvalue weighted by Crippen LogP contribution is -2.57. The van der Waals surface area contributed by atoms with Crippen LogP contribution in [0.4, 0.5) is 4.79 Å². The van der Waals surface area contributed by atoms with Crippen molar-refractivity contribution in [3.8, 4) is 0 Å². The number of carboxylic acids is 2. The highest BCUT2D eigenvalue weighted by Gasteiger charge is 2.30. The molecule has 0 aliphatic heterocycles. The third-order valence-corrected chi connectivity index (χ3v) is 6.27. The maximum Gasteiger partial charge on any atom is 0.407 e. The number of aliphatic carboxylic acids is 1. The van der Waals surface area contributed by atoms with Crippen molar-refractivity contribution in [3.63, 3.8) is 0 Å². The first-order chi connectivity index (χ1) is 19.7. The van der Waals surface area contributed by atoms with Crippen LogP contribution in [0.5, 0.6) is 0 Å². The molecular formula is C28H42N4O9S. The fourth-order valence-corrected chi connectivity index (χ4v) is 4.05. The molecule has 0 spiro atoms. The first-order valence-corrected chi connectivity index (χ1v) is 14.3. The van der Waals surface area contributed by atoms with E-state index in [1.807, 2.05) is 27.7 Å². The van der Waals surface area contributed by atoms with Crippen LogP contribution in [0.15, 0.2) is 24.3 Å². The Morgan fingerprint density at radius 3 is 2.02 bits per heavy atom. The van der Waals surface area contributed by atoms with Crippen molar-refractivity contribution in [1.29, 1.82) is 0 Å². The maximum absolute atomic E-state index is 13.2. The van der Waals surface area contributed by atoms with E-state index >= 15 is 0 Å². The van der Waals surface area contributed by atoms with Crippen molar-refractivity contribution in [1.82, 2.24) is 21.3 Å². The molecule has 42 heavy (non-hydrogen) atoms. The van der Waals surface area contributed by atoms with E-state index < -0.39 is 60.3 Å². The van der Waals surface area contributed by atoms with Gasteiger partial charge >= 0.3 is 18.0 Å². The number of alkyl carbamates (subject to hydrolysis) is 1. The molecule has 3 atom stereocenters. The maximum atomic E-state index is 13.2. The van der Waals surface area contributed by atoms with Gasteiger partial charge in [0.05, 0.1) is 12.2 Å². The fraction of sp³-hybridized carbons (Fsp3) is 0.571. The summed E-state index contributed by atoms with van der Waals surface area (Å²) in [7, 11) is 0. The molecule has 0 radical (unpaired) electrons. The zero-order valence-corrected chi connectivity index (χ0v) is 25.2. The third kappa shape index (κ3) is 13.7. The highest BCUT2D eigenvalue weighted by molar-refractivity contribution is 7.80. The summed E-state index contributed by atoms with van der Waals surface area (Å²) in [5.41, 5.74) is 0.665. The SMILES string of the molecule is CC(C)COC(=O)NC(CCC(=O)O)C(=O)N[C@@H](CC(C)C)C(=O)NC(CS)C(=O)NCCc1ccccc1C(=O)O. The van der Waals surface area contributed by atoms with Crippen LogP contribution in [-0.2, 0) is 30.3 Å². The molecule has 0 heterocycles. The van der Waals surface area contributed by atoms with Crippen molar-refractivity contribution in [2.45, 2.75) is 71.5 Å². The number of hydrogen-bond acceptors (Lipinski definition) is 8. The van der Waals surface area contributed by atoms with E-state index in [-0.39, 0.29) is 55.6 Å². The summed E-state index contributed by atoms with van der Waals surface area (Å²) >= 11 is 4.17. The molecule has 1 rings (SSSR count). The van der Waals surface area contributed by atoms with Crippen LogP contribution in [0.1, 0.15) is 62.9 Å². The number of hydrogen-bond donors (Lipinski definition) is 7. The van der Waals surface area contributed by atoms with Gasteiger partial charge in [-0.25, -0.2) is 9.59 Å². The zero-order chi connectivity index (χ0) is 31.8. The highest BCUT2D eigenvalue weighted by Crippen LogP contribution is 2.10. The lowest BCUT2D eigenvalue weighted by Gasteiger charge is -2.25. The molecule has 14 heteroatoms. The monoisotopic (exact) mass is 610 g/mol. The Kier molecular flexibility index (Phi) is 16.0. The summed E-state index contributed by atoms with van der Waals surface area (Å²) in [5.74, 6) is -4.31. The van der Waals surface area contributed by atoms with Gasteiger partial charge in [0.1, 0.15) is 18.1 Å². The third-order valence-electron chi connectivity index (χ3n) is 5.90. The lowest BCUT2D eigenvalue weighted by molar-refractivity contribution is -0.137. The van der Waals surface area contributed by atoms with Crippen LogP contribution < -0.4 is 21.3 Å². The second-order valence-corrected chi connectivity index (χ2v) is 10.9. The van der Waals surface area contributed by atoms with Gasteiger partial charge in [-0.05, 0) is 42.7 Å². The number of carbonyl (C=O) groups is 6. The van der Waals surface area contributed by atoms with Crippen molar-refractivity contribution < 1.29 is 43.7 Å². The minimum atomic E-state index is -1.28. The summed E-state index contributed by atoms with van der Waals surface area (Å²) in [5, 5.41) is 28.6. The topological polar surface area (TPSA) is 200 Å². The molecule has 13 nitrogen and oxygen atoms in total. The Morgan fingerprint density at radius 1 is 0.833 bits per heavy atom. The Labute approximate surface area is 250 Å². The standard InChI is InChI=1S/C28H42N4O9S/c1-16(2)13-21(30-25(36)20(9-10-23(33)34)32-28(40)41-14-17(3)4)26(37)31-22(15-42)24(35)29-12-11-18-7-5-6-8-19(18)27(38)39/h5-8,16-17,20-22,42H,9-15H2,1-4H3,(H,29,35)(H,30,36)(H,31,37)(H,32,40)(H,33,34)(H,38,39)/t20?,21-,22?/m0/s1. The summed E-state index contributed by atoms with van der Waals surface area (Å²) in [4.78, 5) is 73.7. The van der Waals surface area contributed by atoms with Crippen LogP contribution in [0, 0.1) is 11.8 Å². The molecular weight excluding hydrogens is 568 g/mol. The van der Waals surface area contributed by atoms with Crippen molar-refractivity contribution in [3.05, 3.63) is 35.4 Å². The smallest absolute Gasteiger partial charge is 0.407 e. The van der Waals surface area contributed by atoms with Crippen molar-refractivity contribution in [2.24, 2.45) is 11.8 Å². The number of ether oxygens (including phenoxy) is 1. The Bertz CT molecular complexity index is 1100. The molecule has 0 aliphatic carbocycles. The molecule has 0 fully saturated rings. The van der Waals surface area contributed by atoms with Crippen LogP contribution >= 0.6 is 12.6 Å². The predicted molar refractivity (Wildman–Crippen MR) is 157 cm³/mol. The zero-order valence-electron chi connectivity index (χ0n) is 24.3. The molecule has 1 aromatic carbocycles. The van der Waals surface area contributed by atoms with Crippen LogP contribution in [-0.4, -0.2) is 83.0 Å². The van der Waals surface area contributed by atoms with Crippen LogP contribution in [0.3, 0.4) is 0 Å².